The Kier molecular flexibility index (Phi) is 6.28. The highest BCUT2D eigenvalue weighted by atomic mass is 35.5. The number of aliphatic carboxylic acids is 1. The van der Waals surface area contributed by atoms with E-state index in [0.717, 1.165) is 4.68 Å². The summed E-state index contributed by atoms with van der Waals surface area (Å²) in [6.07, 6.45) is -5.92. The van der Waals surface area contributed by atoms with E-state index in [2.05, 4.69) is 10.2 Å². The van der Waals surface area contributed by atoms with Gasteiger partial charge in [0, 0.05) is 10.0 Å². The Balaban J connectivity index is 2.19. The second-order valence-electron chi connectivity index (χ2n) is 6.91. The Labute approximate surface area is 207 Å². The molecule has 0 unspecified atom stereocenters. The molecular weight excluding hydrogens is 543 g/mol. The number of carbonyl (C=O) groups is 1. The van der Waals surface area contributed by atoms with Crippen LogP contribution in [0.15, 0.2) is 41.2 Å². The predicted molar refractivity (Wildman–Crippen MR) is 121 cm³/mol. The van der Waals surface area contributed by atoms with Gasteiger partial charge >= 0.3 is 12.1 Å². The number of aromatic nitrogens is 4. The summed E-state index contributed by atoms with van der Waals surface area (Å²) in [5, 5.41) is 16.3. The van der Waals surface area contributed by atoms with Crippen LogP contribution in [-0.4, -0.2) is 30.6 Å². The van der Waals surface area contributed by atoms with Crippen LogP contribution in [0.2, 0.25) is 20.1 Å². The molecule has 2 heterocycles. The van der Waals surface area contributed by atoms with E-state index in [4.69, 9.17) is 46.4 Å². The number of rotatable bonds is 4. The fourth-order valence-corrected chi connectivity index (χ4v) is 4.29. The Morgan fingerprint density at radius 2 is 1.44 bits per heavy atom. The fourth-order valence-electron chi connectivity index (χ4n) is 3.31. The maximum Gasteiger partial charge on any atom is 0.436 e. The molecule has 0 saturated carbocycles. The highest BCUT2D eigenvalue weighted by Gasteiger charge is 2.40. The van der Waals surface area contributed by atoms with Crippen molar-refractivity contribution >= 4 is 63.3 Å². The summed E-state index contributed by atoms with van der Waals surface area (Å²) in [7, 11) is 0. The zero-order valence-corrected chi connectivity index (χ0v) is 19.4. The van der Waals surface area contributed by atoms with Crippen LogP contribution in [0.3, 0.4) is 0 Å². The van der Waals surface area contributed by atoms with Crippen molar-refractivity contribution in [3.05, 3.63) is 78.2 Å². The number of fused-ring (bicyclic) bond motifs is 1. The molecule has 14 heteroatoms. The first-order valence-electron chi connectivity index (χ1n) is 9.13. The molecule has 0 spiro atoms. The SMILES string of the molecule is O=C(O)Cc1nn(-c2ccc(Cl)cc2Cl)c(=O)c2c(C(F)(F)F)nn(-c3ccc(Cl)cc3Cl)c12. The molecule has 0 radical (unpaired) electrons. The summed E-state index contributed by atoms with van der Waals surface area (Å²) in [6, 6.07) is 7.77. The van der Waals surface area contributed by atoms with E-state index in [0.29, 0.717) is 4.68 Å². The minimum atomic E-state index is -5.08. The van der Waals surface area contributed by atoms with Gasteiger partial charge in [0.2, 0.25) is 0 Å². The van der Waals surface area contributed by atoms with Crippen molar-refractivity contribution in [2.45, 2.75) is 12.6 Å². The highest BCUT2D eigenvalue weighted by molar-refractivity contribution is 6.36. The summed E-state index contributed by atoms with van der Waals surface area (Å²) in [6.45, 7) is 0. The van der Waals surface area contributed by atoms with E-state index in [1.807, 2.05) is 0 Å². The molecule has 0 bridgehead atoms. The first-order chi connectivity index (χ1) is 15.9. The Morgan fingerprint density at radius 1 is 0.912 bits per heavy atom. The van der Waals surface area contributed by atoms with Crippen molar-refractivity contribution in [3.63, 3.8) is 0 Å². The monoisotopic (exact) mass is 550 g/mol. The number of nitrogens with zero attached hydrogens (tertiary/aromatic N) is 4. The topological polar surface area (TPSA) is 90.0 Å². The Hall–Kier alpha value is -2.79. The van der Waals surface area contributed by atoms with E-state index in [1.54, 1.807) is 0 Å². The molecule has 176 valence electrons. The van der Waals surface area contributed by atoms with Crippen molar-refractivity contribution in [3.8, 4) is 11.4 Å². The van der Waals surface area contributed by atoms with Crippen molar-refractivity contribution in [1.82, 2.24) is 19.6 Å². The average Bonchev–Trinajstić information content (AvgIpc) is 3.12. The van der Waals surface area contributed by atoms with Crippen molar-refractivity contribution < 1.29 is 23.1 Å². The molecular formula is C20H9Cl4F3N4O3. The molecule has 0 saturated heterocycles. The summed E-state index contributed by atoms with van der Waals surface area (Å²) in [5.41, 5.74) is -3.80. The average molecular weight is 552 g/mol. The van der Waals surface area contributed by atoms with Crippen molar-refractivity contribution in [1.29, 1.82) is 0 Å². The third-order valence-corrected chi connectivity index (χ3v) is 5.72. The molecule has 34 heavy (non-hydrogen) atoms. The Bertz CT molecular complexity index is 1530. The van der Waals surface area contributed by atoms with Gasteiger partial charge in [-0.15, -0.1) is 0 Å². The molecule has 7 nitrogen and oxygen atoms in total. The van der Waals surface area contributed by atoms with Gasteiger partial charge in [-0.05, 0) is 36.4 Å². The van der Waals surface area contributed by atoms with Crippen LogP contribution < -0.4 is 5.56 Å². The zero-order valence-electron chi connectivity index (χ0n) is 16.4. The van der Waals surface area contributed by atoms with Crippen LogP contribution in [0.25, 0.3) is 22.3 Å². The molecule has 0 aliphatic heterocycles. The van der Waals surface area contributed by atoms with Crippen LogP contribution >= 0.6 is 46.4 Å². The highest BCUT2D eigenvalue weighted by Crippen LogP contribution is 2.36. The second kappa shape index (κ2) is 8.77. The standard InChI is InChI=1S/C20H9Cl4F3N4O3/c21-8-1-3-13(10(23)5-8)30-17-12(7-15(32)33)28-31(14-4-2-9(22)6-11(14)24)19(34)16(17)18(29-30)20(25,26)27/h1-6H,7H2,(H,32,33). The number of carboxylic acid groups (broad SMARTS) is 1. The van der Waals surface area contributed by atoms with Gasteiger partial charge in [-0.3, -0.25) is 9.59 Å². The van der Waals surface area contributed by atoms with E-state index in [1.165, 1.54) is 36.4 Å². The summed E-state index contributed by atoms with van der Waals surface area (Å²) < 4.78 is 43.3. The number of halogens is 7. The summed E-state index contributed by atoms with van der Waals surface area (Å²) in [4.78, 5) is 24.9. The first-order valence-corrected chi connectivity index (χ1v) is 10.6. The van der Waals surface area contributed by atoms with Crippen LogP contribution in [0, 0.1) is 0 Å². The zero-order chi connectivity index (χ0) is 24.9. The molecule has 1 N–H and O–H groups in total. The summed E-state index contributed by atoms with van der Waals surface area (Å²) >= 11 is 24.1. The molecule has 0 amide bonds. The maximum absolute atomic E-state index is 14.0. The second-order valence-corrected chi connectivity index (χ2v) is 8.59. The van der Waals surface area contributed by atoms with Crippen LogP contribution in [0.5, 0.6) is 0 Å². The smallest absolute Gasteiger partial charge is 0.436 e. The number of hydrogen-bond donors (Lipinski definition) is 1. The molecule has 2 aromatic carbocycles. The minimum absolute atomic E-state index is 0.0679. The number of carboxylic acids is 1. The largest absolute Gasteiger partial charge is 0.481 e. The molecule has 0 atom stereocenters. The minimum Gasteiger partial charge on any atom is -0.481 e. The molecule has 4 rings (SSSR count). The van der Waals surface area contributed by atoms with Gasteiger partial charge in [0.1, 0.15) is 10.9 Å². The van der Waals surface area contributed by atoms with Crippen LogP contribution in [0.1, 0.15) is 11.4 Å². The Morgan fingerprint density at radius 3 is 1.91 bits per heavy atom. The van der Waals surface area contributed by atoms with Gasteiger partial charge in [0.15, 0.2) is 5.69 Å². The van der Waals surface area contributed by atoms with E-state index in [-0.39, 0.29) is 37.2 Å². The lowest BCUT2D eigenvalue weighted by atomic mass is 10.1. The lowest BCUT2D eigenvalue weighted by Crippen LogP contribution is -2.26. The molecule has 2 aromatic heterocycles. The van der Waals surface area contributed by atoms with E-state index < -0.39 is 40.7 Å². The third kappa shape index (κ3) is 4.34. The first kappa shape index (κ1) is 24.3. The molecule has 0 aliphatic carbocycles. The van der Waals surface area contributed by atoms with Gasteiger partial charge in [-0.1, -0.05) is 46.4 Å². The predicted octanol–water partition coefficient (Wildman–Crippen LogP) is 5.83. The number of benzene rings is 2. The van der Waals surface area contributed by atoms with Crippen molar-refractivity contribution in [2.75, 3.05) is 0 Å². The van der Waals surface area contributed by atoms with Crippen LogP contribution in [-0.2, 0) is 17.4 Å². The third-order valence-electron chi connectivity index (χ3n) is 4.65. The van der Waals surface area contributed by atoms with Gasteiger partial charge in [0.05, 0.1) is 33.5 Å². The normalized spacial score (nSPS) is 11.9. The summed E-state index contributed by atoms with van der Waals surface area (Å²) in [5.74, 6) is -1.41. The molecule has 0 fully saturated rings. The van der Waals surface area contributed by atoms with Gasteiger partial charge in [-0.2, -0.15) is 28.1 Å². The lowest BCUT2D eigenvalue weighted by molar-refractivity contribution is -0.140. The fraction of sp³-hybridized carbons (Fsp3) is 0.100. The van der Waals surface area contributed by atoms with E-state index in [9.17, 15) is 27.9 Å². The van der Waals surface area contributed by atoms with Gasteiger partial charge < -0.3 is 5.11 Å². The quantitative estimate of drug-likeness (QED) is 0.344. The number of hydrogen-bond acceptors (Lipinski definition) is 4. The lowest BCUT2D eigenvalue weighted by Gasteiger charge is -2.12. The molecule has 4 aromatic rings. The number of alkyl halides is 3. The van der Waals surface area contributed by atoms with Crippen molar-refractivity contribution in [2.24, 2.45) is 0 Å². The van der Waals surface area contributed by atoms with Crippen LogP contribution in [0.4, 0.5) is 13.2 Å². The van der Waals surface area contributed by atoms with Gasteiger partial charge in [0.25, 0.3) is 5.56 Å². The molecule has 0 aliphatic rings. The van der Waals surface area contributed by atoms with E-state index >= 15 is 0 Å². The maximum atomic E-state index is 14.0. The van der Waals surface area contributed by atoms with Gasteiger partial charge in [-0.25, -0.2) is 4.68 Å².